The van der Waals surface area contributed by atoms with Crippen molar-refractivity contribution in [2.24, 2.45) is 7.05 Å². The van der Waals surface area contributed by atoms with Crippen molar-refractivity contribution in [1.82, 2.24) is 25.6 Å². The van der Waals surface area contributed by atoms with E-state index in [0.29, 0.717) is 38.0 Å². The Hall–Kier alpha value is -4.07. The van der Waals surface area contributed by atoms with Gasteiger partial charge < -0.3 is 24.5 Å². The molecule has 1 aromatic heterocycles. The van der Waals surface area contributed by atoms with Crippen LogP contribution in [-0.4, -0.2) is 48.7 Å². The summed E-state index contributed by atoms with van der Waals surface area (Å²) >= 11 is 1.60. The van der Waals surface area contributed by atoms with E-state index in [9.17, 15) is 14.7 Å². The number of hydrogen-bond acceptors (Lipinski definition) is 9. The van der Waals surface area contributed by atoms with Crippen molar-refractivity contribution >= 4 is 23.6 Å². The van der Waals surface area contributed by atoms with Crippen molar-refractivity contribution in [1.29, 1.82) is 0 Å². The molecule has 248 valence electrons. The average molecular weight is 660 g/mol. The van der Waals surface area contributed by atoms with Gasteiger partial charge in [-0.1, -0.05) is 78.8 Å². The van der Waals surface area contributed by atoms with E-state index < -0.39 is 12.2 Å². The van der Waals surface area contributed by atoms with Crippen LogP contribution in [0.4, 0.5) is 0 Å². The van der Waals surface area contributed by atoms with E-state index in [0.717, 1.165) is 45.0 Å². The number of aliphatic hydroxyl groups excluding tert-OH is 1. The van der Waals surface area contributed by atoms with Gasteiger partial charge in [0, 0.05) is 44.2 Å². The predicted octanol–water partition coefficient (Wildman–Crippen LogP) is 5.38. The molecule has 2 heterocycles. The van der Waals surface area contributed by atoms with Gasteiger partial charge in [0.05, 0.1) is 18.8 Å². The molecule has 1 fully saturated rings. The zero-order valence-electron chi connectivity index (χ0n) is 26.4. The van der Waals surface area contributed by atoms with Crippen LogP contribution < -0.4 is 10.8 Å². The fourth-order valence-electron chi connectivity index (χ4n) is 5.41. The average Bonchev–Trinajstić information content (AvgIpc) is 3.53. The molecule has 3 atom stereocenters. The maximum atomic E-state index is 12.4. The standard InChI is InChI=1S/C35H41N5O6S/c1-40-23-37-38-35(40)47-22-30-19-31(26-15-13-24(21-41)14-16-26)46-34(45-30)29-10-6-9-28(18-29)27-8-5-7-25(17-27)20-36-32(42)11-3-2-4-12-33(43)39-44/h5-10,13-18,23,30-31,34,41,44H,2-4,11-12,19-22H2,1H3,(H,36,42)(H,39,43)/t30-,31+,34+/m0/s1. The van der Waals surface area contributed by atoms with Crippen LogP contribution in [-0.2, 0) is 39.3 Å². The third-order valence-electron chi connectivity index (χ3n) is 8.02. The van der Waals surface area contributed by atoms with Crippen LogP contribution in [0.1, 0.15) is 73.2 Å². The largest absolute Gasteiger partial charge is 0.392 e. The summed E-state index contributed by atoms with van der Waals surface area (Å²) < 4.78 is 15.0. The number of benzene rings is 3. The summed E-state index contributed by atoms with van der Waals surface area (Å²) in [5.41, 5.74) is 7.42. The number of thioether (sulfide) groups is 1. The molecule has 2 amide bonds. The molecule has 47 heavy (non-hydrogen) atoms. The zero-order chi connectivity index (χ0) is 33.0. The normalized spacial score (nSPS) is 17.7. The Morgan fingerprint density at radius 3 is 2.38 bits per heavy atom. The number of unbranched alkanes of at least 4 members (excludes halogenated alkanes) is 2. The fraction of sp³-hybridized carbons (Fsp3) is 0.371. The number of hydrogen-bond donors (Lipinski definition) is 4. The molecule has 0 bridgehead atoms. The molecule has 0 aliphatic carbocycles. The molecule has 11 nitrogen and oxygen atoms in total. The minimum absolute atomic E-state index is 0.0100. The summed E-state index contributed by atoms with van der Waals surface area (Å²) in [5, 5.41) is 30.1. The van der Waals surface area contributed by atoms with Crippen molar-refractivity contribution in [2.45, 2.75) is 75.3 Å². The van der Waals surface area contributed by atoms with Gasteiger partial charge in [0.15, 0.2) is 11.4 Å². The molecule has 4 N–H and O–H groups in total. The van der Waals surface area contributed by atoms with Gasteiger partial charge in [0.1, 0.15) is 6.33 Å². The molecule has 1 aliphatic heterocycles. The molecule has 0 unspecified atom stereocenters. The van der Waals surface area contributed by atoms with Gasteiger partial charge in [0.2, 0.25) is 11.8 Å². The van der Waals surface area contributed by atoms with E-state index in [1.165, 1.54) is 0 Å². The van der Waals surface area contributed by atoms with Crippen molar-refractivity contribution < 1.29 is 29.4 Å². The number of aliphatic hydroxyl groups is 1. The monoisotopic (exact) mass is 659 g/mol. The lowest BCUT2D eigenvalue weighted by molar-refractivity contribution is -0.245. The van der Waals surface area contributed by atoms with E-state index in [-0.39, 0.29) is 31.1 Å². The fourth-order valence-corrected chi connectivity index (χ4v) is 6.32. The molecule has 0 saturated carbocycles. The van der Waals surface area contributed by atoms with Gasteiger partial charge in [-0.15, -0.1) is 10.2 Å². The SMILES string of the molecule is Cn1cnnc1SC[C@@H]1C[C@H](c2ccc(CO)cc2)O[C@H](c2cccc(-c3cccc(CNC(=O)CCCCCC(=O)NO)c3)c2)O1. The highest BCUT2D eigenvalue weighted by molar-refractivity contribution is 7.99. The van der Waals surface area contributed by atoms with Crippen molar-refractivity contribution in [3.8, 4) is 11.1 Å². The number of carbonyl (C=O) groups excluding carboxylic acids is 2. The quantitative estimate of drug-likeness (QED) is 0.0571. The highest BCUT2D eigenvalue weighted by Crippen LogP contribution is 2.40. The number of nitrogens with zero attached hydrogens (tertiary/aromatic N) is 3. The Kier molecular flexibility index (Phi) is 12.5. The first-order chi connectivity index (χ1) is 22.9. The lowest BCUT2D eigenvalue weighted by Gasteiger charge is -2.36. The van der Waals surface area contributed by atoms with Crippen LogP contribution in [0.2, 0.25) is 0 Å². The molecule has 5 rings (SSSR count). The first kappa shape index (κ1) is 34.3. The molecule has 1 saturated heterocycles. The second kappa shape index (κ2) is 17.2. The minimum atomic E-state index is -0.586. The van der Waals surface area contributed by atoms with Crippen LogP contribution in [0.25, 0.3) is 11.1 Å². The molecule has 3 aromatic carbocycles. The van der Waals surface area contributed by atoms with Gasteiger partial charge in [-0.05, 0) is 52.8 Å². The zero-order valence-corrected chi connectivity index (χ0v) is 27.2. The van der Waals surface area contributed by atoms with Crippen LogP contribution in [0.15, 0.2) is 84.3 Å². The smallest absolute Gasteiger partial charge is 0.243 e. The molecule has 1 aliphatic rings. The van der Waals surface area contributed by atoms with Crippen LogP contribution in [0, 0.1) is 0 Å². The number of aryl methyl sites for hydroxylation is 1. The van der Waals surface area contributed by atoms with Crippen molar-refractivity contribution in [3.63, 3.8) is 0 Å². The Bertz CT molecular complexity index is 1610. The Morgan fingerprint density at radius 1 is 0.915 bits per heavy atom. The number of ether oxygens (including phenoxy) is 2. The molecular formula is C35H41N5O6S. The van der Waals surface area contributed by atoms with Crippen LogP contribution in [0.5, 0.6) is 0 Å². The van der Waals surface area contributed by atoms with E-state index in [1.54, 1.807) is 23.6 Å². The van der Waals surface area contributed by atoms with E-state index >= 15 is 0 Å². The van der Waals surface area contributed by atoms with Crippen molar-refractivity contribution in [2.75, 3.05) is 5.75 Å². The molecular weight excluding hydrogens is 618 g/mol. The van der Waals surface area contributed by atoms with Gasteiger partial charge >= 0.3 is 0 Å². The second-order valence-corrected chi connectivity index (χ2v) is 12.6. The molecule has 0 spiro atoms. The minimum Gasteiger partial charge on any atom is -0.392 e. The van der Waals surface area contributed by atoms with Crippen LogP contribution in [0.3, 0.4) is 0 Å². The summed E-state index contributed by atoms with van der Waals surface area (Å²) in [6.07, 6.45) is 4.14. The van der Waals surface area contributed by atoms with E-state index in [1.807, 2.05) is 72.3 Å². The van der Waals surface area contributed by atoms with Crippen LogP contribution >= 0.6 is 11.8 Å². The second-order valence-electron chi connectivity index (χ2n) is 11.6. The highest BCUT2D eigenvalue weighted by Gasteiger charge is 2.32. The highest BCUT2D eigenvalue weighted by atomic mass is 32.2. The third kappa shape index (κ3) is 9.96. The number of amides is 2. The van der Waals surface area contributed by atoms with Crippen molar-refractivity contribution in [3.05, 3.63) is 101 Å². The summed E-state index contributed by atoms with van der Waals surface area (Å²) in [6.45, 7) is 0.402. The number of carbonyl (C=O) groups is 2. The van der Waals surface area contributed by atoms with Gasteiger partial charge in [-0.2, -0.15) is 0 Å². The lowest BCUT2D eigenvalue weighted by atomic mass is 9.99. The Morgan fingerprint density at radius 2 is 1.66 bits per heavy atom. The number of aromatic nitrogens is 3. The first-order valence-corrected chi connectivity index (χ1v) is 16.8. The maximum absolute atomic E-state index is 12.4. The summed E-state index contributed by atoms with van der Waals surface area (Å²) in [6, 6.07) is 24.1. The van der Waals surface area contributed by atoms with Gasteiger partial charge in [-0.3, -0.25) is 14.8 Å². The van der Waals surface area contributed by atoms with Gasteiger partial charge in [0.25, 0.3) is 0 Å². The third-order valence-corrected chi connectivity index (χ3v) is 9.19. The molecule has 4 aromatic rings. The molecule has 0 radical (unpaired) electrons. The van der Waals surface area contributed by atoms with Gasteiger partial charge in [-0.25, -0.2) is 5.48 Å². The summed E-state index contributed by atoms with van der Waals surface area (Å²) in [5.74, 6) is 0.236. The van der Waals surface area contributed by atoms with E-state index in [4.69, 9.17) is 14.7 Å². The predicted molar refractivity (Wildman–Crippen MR) is 177 cm³/mol. The topological polar surface area (TPSA) is 148 Å². The summed E-state index contributed by atoms with van der Waals surface area (Å²) in [4.78, 5) is 23.5. The summed E-state index contributed by atoms with van der Waals surface area (Å²) in [7, 11) is 1.92. The lowest BCUT2D eigenvalue weighted by Crippen LogP contribution is -2.31. The Balaban J connectivity index is 1.24. The number of rotatable bonds is 15. The maximum Gasteiger partial charge on any atom is 0.243 e. The Labute approximate surface area is 278 Å². The first-order valence-electron chi connectivity index (χ1n) is 15.8. The molecule has 12 heteroatoms. The number of nitrogens with one attached hydrogen (secondary N) is 2. The number of hydroxylamine groups is 1. The van der Waals surface area contributed by atoms with E-state index in [2.05, 4.69) is 27.6 Å².